The van der Waals surface area contributed by atoms with Crippen molar-refractivity contribution in [2.75, 3.05) is 5.32 Å². The van der Waals surface area contributed by atoms with Gasteiger partial charge < -0.3 is 9.88 Å². The minimum atomic E-state index is -0.345. The summed E-state index contributed by atoms with van der Waals surface area (Å²) >= 11 is 9.33. The van der Waals surface area contributed by atoms with Gasteiger partial charge in [-0.25, -0.2) is 4.79 Å². The highest BCUT2D eigenvalue weighted by molar-refractivity contribution is 9.10. The second-order valence-corrected chi connectivity index (χ2v) is 5.68. The third kappa shape index (κ3) is 2.96. The second kappa shape index (κ2) is 5.85. The number of benzene rings is 1. The molecule has 0 amide bonds. The number of rotatable bonds is 3. The molecule has 0 radical (unpaired) electrons. The summed E-state index contributed by atoms with van der Waals surface area (Å²) in [7, 11) is 3.07. The van der Waals surface area contributed by atoms with Crippen LogP contribution in [0.1, 0.15) is 5.56 Å². The Morgan fingerprint density at radius 1 is 1.30 bits per heavy atom. The van der Waals surface area contributed by atoms with Gasteiger partial charge in [0.25, 0.3) is 5.56 Å². The number of nitrogens with zero attached hydrogens (tertiary/aromatic N) is 2. The molecule has 0 saturated carbocycles. The van der Waals surface area contributed by atoms with Crippen LogP contribution in [0.25, 0.3) is 0 Å². The van der Waals surface area contributed by atoms with E-state index in [-0.39, 0.29) is 11.2 Å². The quantitative estimate of drug-likeness (QED) is 0.914. The number of aromatic nitrogens is 2. The molecule has 0 aliphatic rings. The van der Waals surface area contributed by atoms with Gasteiger partial charge in [0.05, 0.1) is 11.3 Å². The van der Waals surface area contributed by atoms with Crippen molar-refractivity contribution in [1.82, 2.24) is 9.13 Å². The number of hydrogen-bond donors (Lipinski definition) is 1. The van der Waals surface area contributed by atoms with Crippen molar-refractivity contribution in [1.29, 1.82) is 0 Å². The Kier molecular flexibility index (Phi) is 4.35. The highest BCUT2D eigenvalue weighted by Gasteiger charge is 2.07. The lowest BCUT2D eigenvalue weighted by Gasteiger charge is -2.10. The minimum Gasteiger partial charge on any atom is -0.380 e. The van der Waals surface area contributed by atoms with Crippen molar-refractivity contribution >= 4 is 33.2 Å². The first-order valence-electron chi connectivity index (χ1n) is 5.84. The van der Waals surface area contributed by atoms with E-state index in [4.69, 9.17) is 11.6 Å². The first-order valence-corrected chi connectivity index (χ1v) is 7.01. The van der Waals surface area contributed by atoms with E-state index in [0.29, 0.717) is 17.1 Å². The van der Waals surface area contributed by atoms with Gasteiger partial charge >= 0.3 is 5.69 Å². The zero-order valence-electron chi connectivity index (χ0n) is 11.0. The molecule has 20 heavy (non-hydrogen) atoms. The average molecular weight is 359 g/mol. The maximum Gasteiger partial charge on any atom is 0.330 e. The number of anilines is 1. The Labute approximate surface area is 128 Å². The predicted molar refractivity (Wildman–Crippen MR) is 83.4 cm³/mol. The fourth-order valence-corrected chi connectivity index (χ4v) is 2.39. The van der Waals surface area contributed by atoms with Crippen molar-refractivity contribution < 1.29 is 0 Å². The Bertz CT molecular complexity index is 767. The Hall–Kier alpha value is -1.53. The van der Waals surface area contributed by atoms with E-state index >= 15 is 0 Å². The van der Waals surface area contributed by atoms with Crippen LogP contribution in [-0.2, 0) is 20.6 Å². The summed E-state index contributed by atoms with van der Waals surface area (Å²) in [4.78, 5) is 23.6. The van der Waals surface area contributed by atoms with Crippen molar-refractivity contribution in [3.05, 3.63) is 60.3 Å². The van der Waals surface area contributed by atoms with Crippen molar-refractivity contribution in [3.63, 3.8) is 0 Å². The van der Waals surface area contributed by atoms with Crippen LogP contribution < -0.4 is 16.6 Å². The van der Waals surface area contributed by atoms with Gasteiger partial charge in [0.15, 0.2) is 0 Å². The molecule has 7 heteroatoms. The van der Waals surface area contributed by atoms with Gasteiger partial charge in [0, 0.05) is 36.3 Å². The number of nitrogens with one attached hydrogen (secondary N) is 1. The molecule has 5 nitrogen and oxygen atoms in total. The summed E-state index contributed by atoms with van der Waals surface area (Å²) in [5.41, 5.74) is 0.635. The molecule has 1 heterocycles. The van der Waals surface area contributed by atoms with E-state index in [1.165, 1.54) is 17.8 Å². The van der Waals surface area contributed by atoms with Crippen molar-refractivity contribution in [2.24, 2.45) is 14.1 Å². The normalized spacial score (nSPS) is 10.6. The van der Waals surface area contributed by atoms with Crippen LogP contribution in [0.3, 0.4) is 0 Å². The Balaban J connectivity index is 2.30. The minimum absolute atomic E-state index is 0.305. The average Bonchev–Trinajstić information content (AvgIpc) is 2.42. The highest BCUT2D eigenvalue weighted by Crippen LogP contribution is 2.26. The molecular weight excluding hydrogens is 346 g/mol. The first kappa shape index (κ1) is 14.9. The molecule has 0 aliphatic heterocycles. The third-order valence-corrected chi connectivity index (χ3v) is 3.84. The molecule has 0 atom stereocenters. The van der Waals surface area contributed by atoms with Gasteiger partial charge in [-0.3, -0.25) is 9.36 Å². The molecule has 1 N–H and O–H groups in total. The molecule has 0 unspecified atom stereocenters. The summed E-state index contributed by atoms with van der Waals surface area (Å²) in [5.74, 6) is 0. The largest absolute Gasteiger partial charge is 0.380 e. The predicted octanol–water partition coefficient (Wildman–Crippen LogP) is 2.11. The molecule has 0 bridgehead atoms. The van der Waals surface area contributed by atoms with Crippen LogP contribution in [0.4, 0.5) is 5.69 Å². The Morgan fingerprint density at radius 2 is 2.00 bits per heavy atom. The fraction of sp³-hybridized carbons (Fsp3) is 0.231. The van der Waals surface area contributed by atoms with Crippen LogP contribution in [0, 0.1) is 0 Å². The van der Waals surface area contributed by atoms with E-state index in [1.54, 1.807) is 19.2 Å². The van der Waals surface area contributed by atoms with Gasteiger partial charge in [0.2, 0.25) is 0 Å². The number of aryl methyl sites for hydroxylation is 1. The van der Waals surface area contributed by atoms with Gasteiger partial charge in [-0.2, -0.15) is 0 Å². The lowest BCUT2D eigenvalue weighted by Crippen LogP contribution is -2.38. The summed E-state index contributed by atoms with van der Waals surface area (Å²) in [5, 5.41) is 3.73. The molecule has 0 spiro atoms. The molecule has 2 rings (SSSR count). The summed E-state index contributed by atoms with van der Waals surface area (Å²) in [6.07, 6.45) is 1.54. The van der Waals surface area contributed by atoms with E-state index in [9.17, 15) is 9.59 Å². The van der Waals surface area contributed by atoms with Crippen LogP contribution >= 0.6 is 27.5 Å². The monoisotopic (exact) mass is 357 g/mol. The topological polar surface area (TPSA) is 56.0 Å². The first-order chi connectivity index (χ1) is 9.40. The zero-order valence-corrected chi connectivity index (χ0v) is 13.3. The molecular formula is C13H13BrClN3O2. The van der Waals surface area contributed by atoms with Crippen LogP contribution in [0.2, 0.25) is 5.02 Å². The SMILES string of the molecule is Cn1cc(CNc2cc(Cl)ccc2Br)c(=O)n(C)c1=O. The molecule has 106 valence electrons. The molecule has 1 aromatic heterocycles. The maximum absolute atomic E-state index is 12.0. The molecule has 0 aliphatic carbocycles. The van der Waals surface area contributed by atoms with Crippen molar-refractivity contribution in [3.8, 4) is 0 Å². The maximum atomic E-state index is 12.0. The van der Waals surface area contributed by atoms with Gasteiger partial charge in [0.1, 0.15) is 0 Å². The van der Waals surface area contributed by atoms with Gasteiger partial charge in [-0.05, 0) is 34.1 Å². The smallest absolute Gasteiger partial charge is 0.330 e. The zero-order chi connectivity index (χ0) is 14.9. The summed E-state index contributed by atoms with van der Waals surface area (Å²) < 4.78 is 3.32. The highest BCUT2D eigenvalue weighted by atomic mass is 79.9. The number of halogens is 2. The third-order valence-electron chi connectivity index (χ3n) is 2.92. The standard InChI is InChI=1S/C13H13BrClN3O2/c1-17-7-8(12(19)18(2)13(17)20)6-16-11-5-9(15)3-4-10(11)14/h3-5,7,16H,6H2,1-2H3. The lowest BCUT2D eigenvalue weighted by molar-refractivity contribution is 0.671. The fourth-order valence-electron chi connectivity index (χ4n) is 1.83. The van der Waals surface area contributed by atoms with Crippen molar-refractivity contribution in [2.45, 2.75) is 6.54 Å². The van der Waals surface area contributed by atoms with Crippen LogP contribution in [0.5, 0.6) is 0 Å². The van der Waals surface area contributed by atoms with E-state index in [0.717, 1.165) is 14.7 Å². The molecule has 0 saturated heterocycles. The second-order valence-electron chi connectivity index (χ2n) is 4.39. The van der Waals surface area contributed by atoms with Crippen LogP contribution in [0.15, 0.2) is 38.5 Å². The van der Waals surface area contributed by atoms with Gasteiger partial charge in [-0.1, -0.05) is 11.6 Å². The van der Waals surface area contributed by atoms with E-state index in [2.05, 4.69) is 21.2 Å². The molecule has 1 aromatic carbocycles. The summed E-state index contributed by atoms with van der Waals surface area (Å²) in [6, 6.07) is 5.35. The van der Waals surface area contributed by atoms with Gasteiger partial charge in [-0.15, -0.1) is 0 Å². The van der Waals surface area contributed by atoms with E-state index < -0.39 is 0 Å². The lowest BCUT2D eigenvalue weighted by atomic mass is 10.3. The Morgan fingerprint density at radius 3 is 2.70 bits per heavy atom. The molecule has 2 aromatic rings. The van der Waals surface area contributed by atoms with Crippen LogP contribution in [-0.4, -0.2) is 9.13 Å². The van der Waals surface area contributed by atoms with E-state index in [1.807, 2.05) is 6.07 Å². The molecule has 0 fully saturated rings. The summed E-state index contributed by atoms with van der Waals surface area (Å²) in [6.45, 7) is 0.305. The number of hydrogen-bond acceptors (Lipinski definition) is 3.